The van der Waals surface area contributed by atoms with E-state index in [0.29, 0.717) is 72.9 Å². The quantitative estimate of drug-likeness (QED) is 0.0342. The first kappa shape index (κ1) is 46.3. The highest BCUT2D eigenvalue weighted by molar-refractivity contribution is 6.25. The van der Waals surface area contributed by atoms with E-state index in [4.69, 9.17) is 4.98 Å². The van der Waals surface area contributed by atoms with Crippen molar-refractivity contribution < 1.29 is 0 Å². The standard InChI is InChI=1S/C54H72N4O5/c1-4-7-10-13-16-18-19-21-23-26-29-38(28-25-22-20-17-14-11-8-5-2)37-57-52(61)43-35-45-46(36-44(43)53(57)62)58-49(55-45)39-30-31-40-48-41(32-33-42(47(39)48)54(58)63)51(60)56(50(40)59)34-27-24-15-12-9-6-3/h30-33,35-36,38H,4-29,34,37H2,1-3H3. The number of aromatic nitrogens is 4. The third-order valence-electron chi connectivity index (χ3n) is 14.1. The molecule has 4 heterocycles. The summed E-state index contributed by atoms with van der Waals surface area (Å²) in [6.07, 6.45) is 31.1. The van der Waals surface area contributed by atoms with E-state index in [1.54, 1.807) is 30.3 Å². The predicted molar refractivity (Wildman–Crippen MR) is 264 cm³/mol. The molecule has 0 aliphatic heterocycles. The lowest BCUT2D eigenvalue weighted by Crippen LogP contribution is -2.33. The monoisotopic (exact) mass is 857 g/mol. The number of benzene rings is 3. The van der Waals surface area contributed by atoms with Crippen LogP contribution in [0.25, 0.3) is 59.8 Å². The highest BCUT2D eigenvalue weighted by Gasteiger charge is 2.24. The molecule has 0 N–H and O–H groups in total. The fourth-order valence-electron chi connectivity index (χ4n) is 10.5. The van der Waals surface area contributed by atoms with Gasteiger partial charge in [0.1, 0.15) is 5.65 Å². The van der Waals surface area contributed by atoms with E-state index in [1.165, 1.54) is 123 Å². The summed E-state index contributed by atoms with van der Waals surface area (Å²) < 4.78 is 4.34. The van der Waals surface area contributed by atoms with Gasteiger partial charge in [-0.15, -0.1) is 0 Å². The van der Waals surface area contributed by atoms with E-state index < -0.39 is 0 Å². The van der Waals surface area contributed by atoms with Crippen molar-refractivity contribution in [3.8, 4) is 0 Å². The second kappa shape index (κ2) is 22.3. The minimum atomic E-state index is -0.339. The first-order valence-corrected chi connectivity index (χ1v) is 25.2. The van der Waals surface area contributed by atoms with Crippen molar-refractivity contribution in [2.75, 3.05) is 0 Å². The van der Waals surface area contributed by atoms with Gasteiger partial charge in [-0.05, 0) is 61.6 Å². The molecule has 1 unspecified atom stereocenters. The minimum absolute atomic E-state index is 0.251. The first-order valence-electron chi connectivity index (χ1n) is 25.2. The molecule has 338 valence electrons. The average Bonchev–Trinajstić information content (AvgIpc) is 3.77. The molecule has 3 aromatic carbocycles. The average molecular weight is 857 g/mol. The summed E-state index contributed by atoms with van der Waals surface area (Å²) in [5.41, 5.74) is -0.305. The lowest BCUT2D eigenvalue weighted by molar-refractivity contribution is 0.351. The maximum atomic E-state index is 14.5. The van der Waals surface area contributed by atoms with Gasteiger partial charge in [0.05, 0.1) is 21.8 Å². The summed E-state index contributed by atoms with van der Waals surface area (Å²) in [5.74, 6) is 0.251. The van der Waals surface area contributed by atoms with Crippen LogP contribution in [0.5, 0.6) is 0 Å². The van der Waals surface area contributed by atoms with Gasteiger partial charge in [0.25, 0.3) is 27.8 Å². The molecule has 0 bridgehead atoms. The highest BCUT2D eigenvalue weighted by atomic mass is 16.2. The van der Waals surface area contributed by atoms with E-state index >= 15 is 0 Å². The smallest absolute Gasteiger partial charge is 0.264 e. The zero-order valence-corrected chi connectivity index (χ0v) is 38.7. The molecule has 7 aromatic rings. The summed E-state index contributed by atoms with van der Waals surface area (Å²) in [6, 6.07) is 10.3. The van der Waals surface area contributed by atoms with E-state index in [0.717, 1.165) is 57.8 Å². The van der Waals surface area contributed by atoms with Gasteiger partial charge in [-0.25, -0.2) is 4.98 Å². The van der Waals surface area contributed by atoms with Gasteiger partial charge in [-0.3, -0.25) is 37.5 Å². The number of rotatable bonds is 29. The van der Waals surface area contributed by atoms with Gasteiger partial charge >= 0.3 is 0 Å². The third kappa shape index (κ3) is 10.2. The van der Waals surface area contributed by atoms with Gasteiger partial charge in [-0.1, -0.05) is 168 Å². The number of fused-ring (bicyclic) bond motifs is 5. The summed E-state index contributed by atoms with van der Waals surface area (Å²) in [7, 11) is 0. The molecular weight excluding hydrogens is 785 g/mol. The molecule has 9 heteroatoms. The Labute approximate surface area is 371 Å². The molecule has 0 saturated carbocycles. The van der Waals surface area contributed by atoms with Crippen molar-refractivity contribution in [3.63, 3.8) is 0 Å². The normalized spacial score (nSPS) is 12.8. The van der Waals surface area contributed by atoms with Crippen LogP contribution in [0.15, 0.2) is 60.4 Å². The number of nitrogens with zero attached hydrogens (tertiary/aromatic N) is 4. The van der Waals surface area contributed by atoms with Crippen LogP contribution in [0, 0.1) is 5.92 Å². The SMILES string of the molecule is CCCCCCCCCCCCC(CCCCCCCCCC)Cn1c(=O)c2cc3nc4c5ccc6c(=O)n(CCCCCCCC)c(=O)c7ccc(c(=O)n4c3cc2c1=O)c5c76. The number of unbranched alkanes of at least 4 members (excludes halogenated alkanes) is 21. The molecule has 4 aromatic heterocycles. The summed E-state index contributed by atoms with van der Waals surface area (Å²) in [6.45, 7) is 7.46. The van der Waals surface area contributed by atoms with E-state index in [2.05, 4.69) is 20.8 Å². The minimum Gasteiger partial charge on any atom is -0.274 e. The molecule has 0 amide bonds. The Hall–Kier alpha value is -4.66. The van der Waals surface area contributed by atoms with Crippen molar-refractivity contribution in [1.82, 2.24) is 18.5 Å². The molecule has 0 saturated heterocycles. The largest absolute Gasteiger partial charge is 0.274 e. The Balaban J connectivity index is 1.15. The molecule has 0 spiro atoms. The van der Waals surface area contributed by atoms with Gasteiger partial charge in [0.2, 0.25) is 0 Å². The van der Waals surface area contributed by atoms with Crippen LogP contribution >= 0.6 is 0 Å². The Morgan fingerprint density at radius 3 is 1.33 bits per heavy atom. The Morgan fingerprint density at radius 1 is 0.429 bits per heavy atom. The number of hydrogen-bond acceptors (Lipinski definition) is 6. The summed E-state index contributed by atoms with van der Waals surface area (Å²) in [5, 5.41) is 3.53. The van der Waals surface area contributed by atoms with E-state index in [1.807, 2.05) is 6.07 Å². The molecule has 0 radical (unpaired) electrons. The number of pyridine rings is 2. The Bertz CT molecular complexity index is 2840. The molecule has 0 aliphatic rings. The van der Waals surface area contributed by atoms with Crippen LogP contribution in [0.1, 0.15) is 188 Å². The van der Waals surface area contributed by atoms with Gasteiger partial charge in [0, 0.05) is 45.4 Å². The lowest BCUT2D eigenvalue weighted by Gasteiger charge is -2.17. The van der Waals surface area contributed by atoms with Crippen molar-refractivity contribution in [2.24, 2.45) is 5.92 Å². The van der Waals surface area contributed by atoms with Crippen molar-refractivity contribution in [2.45, 2.75) is 201 Å². The fraction of sp³-hybridized carbons (Fsp3) is 0.593. The maximum Gasteiger partial charge on any atom is 0.264 e. The van der Waals surface area contributed by atoms with Crippen molar-refractivity contribution >= 4 is 59.8 Å². The van der Waals surface area contributed by atoms with Gasteiger partial charge in [-0.2, -0.15) is 0 Å². The zero-order chi connectivity index (χ0) is 44.3. The van der Waals surface area contributed by atoms with Crippen LogP contribution in [0.2, 0.25) is 0 Å². The first-order chi connectivity index (χ1) is 30.8. The highest BCUT2D eigenvalue weighted by Crippen LogP contribution is 2.34. The van der Waals surface area contributed by atoms with E-state index in [9.17, 15) is 24.0 Å². The van der Waals surface area contributed by atoms with E-state index in [-0.39, 0.29) is 33.7 Å². The molecule has 7 rings (SSSR count). The lowest BCUT2D eigenvalue weighted by atomic mass is 9.93. The second-order valence-electron chi connectivity index (χ2n) is 18.9. The van der Waals surface area contributed by atoms with Crippen LogP contribution in [-0.4, -0.2) is 18.5 Å². The third-order valence-corrected chi connectivity index (χ3v) is 14.1. The van der Waals surface area contributed by atoms with Gasteiger partial charge in [0.15, 0.2) is 0 Å². The Morgan fingerprint density at radius 2 is 0.825 bits per heavy atom. The number of imidazole rings is 1. The van der Waals surface area contributed by atoms with Crippen LogP contribution in [-0.2, 0) is 13.1 Å². The molecule has 0 fully saturated rings. The van der Waals surface area contributed by atoms with Crippen LogP contribution in [0.3, 0.4) is 0 Å². The van der Waals surface area contributed by atoms with Crippen LogP contribution < -0.4 is 27.8 Å². The second-order valence-corrected chi connectivity index (χ2v) is 18.9. The predicted octanol–water partition coefficient (Wildman–Crippen LogP) is 12.6. The maximum absolute atomic E-state index is 14.5. The molecule has 9 nitrogen and oxygen atoms in total. The van der Waals surface area contributed by atoms with Gasteiger partial charge < -0.3 is 0 Å². The van der Waals surface area contributed by atoms with Crippen molar-refractivity contribution in [1.29, 1.82) is 0 Å². The number of hydrogen-bond donors (Lipinski definition) is 0. The fourth-order valence-corrected chi connectivity index (χ4v) is 10.5. The molecule has 63 heavy (non-hydrogen) atoms. The summed E-state index contributed by atoms with van der Waals surface area (Å²) >= 11 is 0. The summed E-state index contributed by atoms with van der Waals surface area (Å²) in [4.78, 5) is 75.4. The molecular formula is C54H72N4O5. The molecule has 1 atom stereocenters. The van der Waals surface area contributed by atoms with Crippen LogP contribution in [0.4, 0.5) is 0 Å². The Kier molecular flexibility index (Phi) is 16.4. The zero-order valence-electron chi connectivity index (χ0n) is 38.7. The topological polar surface area (TPSA) is 113 Å². The van der Waals surface area contributed by atoms with Crippen molar-refractivity contribution in [3.05, 3.63) is 88.2 Å². The molecule has 0 aliphatic carbocycles.